The van der Waals surface area contributed by atoms with Crippen molar-refractivity contribution in [1.82, 2.24) is 9.97 Å². The predicted molar refractivity (Wildman–Crippen MR) is 53.6 cm³/mol. The number of aromatic carboxylic acids is 1. The van der Waals surface area contributed by atoms with E-state index in [0.29, 0.717) is 12.3 Å². The molecule has 0 spiro atoms. The van der Waals surface area contributed by atoms with Crippen LogP contribution in [0.1, 0.15) is 35.8 Å². The predicted octanol–water partition coefficient (Wildman–Crippen LogP) is 1.49. The monoisotopic (exact) mass is 210 g/mol. The fourth-order valence-corrected chi connectivity index (χ4v) is 1.06. The summed E-state index contributed by atoms with van der Waals surface area (Å²) in [5.41, 5.74) is 0.530. The normalized spacial score (nSPS) is 10.2. The quantitative estimate of drug-likeness (QED) is 0.720. The van der Waals surface area contributed by atoms with Crippen molar-refractivity contribution in [3.63, 3.8) is 0 Å². The molecule has 1 aromatic rings. The van der Waals surface area contributed by atoms with Crippen LogP contribution in [0, 0.1) is 0 Å². The number of unbranched alkanes of at least 4 members (excludes halogenated alkanes) is 1. The Morgan fingerprint density at radius 3 is 3.07 bits per heavy atom. The molecule has 0 aliphatic heterocycles. The summed E-state index contributed by atoms with van der Waals surface area (Å²) in [6.45, 7) is 2.92. The Labute approximate surface area is 88.1 Å². The third-order valence-electron chi connectivity index (χ3n) is 1.91. The van der Waals surface area contributed by atoms with Gasteiger partial charge in [0, 0.05) is 12.8 Å². The summed E-state index contributed by atoms with van der Waals surface area (Å²) in [5, 5.41) is 8.83. The summed E-state index contributed by atoms with van der Waals surface area (Å²) in [4.78, 5) is 18.3. The lowest BCUT2D eigenvalue weighted by Crippen LogP contribution is -2.07. The summed E-state index contributed by atoms with van der Waals surface area (Å²) in [6, 6.07) is 0. The molecule has 0 amide bonds. The minimum atomic E-state index is -1.02. The number of nitrogens with zero attached hydrogens (tertiary/aromatic N) is 2. The van der Waals surface area contributed by atoms with E-state index in [4.69, 9.17) is 9.84 Å². The lowest BCUT2D eigenvalue weighted by atomic mass is 10.2. The van der Waals surface area contributed by atoms with Gasteiger partial charge >= 0.3 is 5.97 Å². The van der Waals surface area contributed by atoms with E-state index in [1.165, 1.54) is 12.5 Å². The molecular formula is C10H14N2O3. The van der Waals surface area contributed by atoms with Gasteiger partial charge in [0.15, 0.2) is 0 Å². The zero-order chi connectivity index (χ0) is 11.1. The molecule has 0 radical (unpaired) electrons. The lowest BCUT2D eigenvalue weighted by Gasteiger charge is -2.04. The van der Waals surface area contributed by atoms with Crippen molar-refractivity contribution in [3.8, 4) is 0 Å². The molecule has 1 heterocycles. The molecule has 0 aliphatic carbocycles. The summed E-state index contributed by atoms with van der Waals surface area (Å²) in [5.74, 6) is -1.02. The average Bonchev–Trinajstić information content (AvgIpc) is 2.25. The van der Waals surface area contributed by atoms with Gasteiger partial charge in [0.25, 0.3) is 0 Å². The number of carbonyl (C=O) groups is 1. The standard InChI is InChI=1S/C10H14N2O3/c1-2-3-4-15-6-9-8(10(13)14)5-11-7-12-9/h5,7H,2-4,6H2,1H3,(H,13,14). The first kappa shape index (κ1) is 11.6. The second-order valence-corrected chi connectivity index (χ2v) is 3.09. The van der Waals surface area contributed by atoms with E-state index in [1.807, 2.05) is 0 Å². The van der Waals surface area contributed by atoms with Crippen molar-refractivity contribution in [2.45, 2.75) is 26.4 Å². The van der Waals surface area contributed by atoms with Gasteiger partial charge in [-0.15, -0.1) is 0 Å². The van der Waals surface area contributed by atoms with Crippen molar-refractivity contribution in [3.05, 3.63) is 23.8 Å². The van der Waals surface area contributed by atoms with Crippen molar-refractivity contribution < 1.29 is 14.6 Å². The first-order valence-corrected chi connectivity index (χ1v) is 4.85. The first-order valence-electron chi connectivity index (χ1n) is 4.85. The summed E-state index contributed by atoms with van der Waals surface area (Å²) in [6.07, 6.45) is 4.63. The van der Waals surface area contributed by atoms with E-state index in [0.717, 1.165) is 12.8 Å². The lowest BCUT2D eigenvalue weighted by molar-refractivity contribution is 0.0684. The maximum absolute atomic E-state index is 10.8. The summed E-state index contributed by atoms with van der Waals surface area (Å²) < 4.78 is 5.30. The van der Waals surface area contributed by atoms with Crippen molar-refractivity contribution >= 4 is 5.97 Å². The molecule has 5 heteroatoms. The highest BCUT2D eigenvalue weighted by atomic mass is 16.5. The van der Waals surface area contributed by atoms with Gasteiger partial charge in [-0.25, -0.2) is 14.8 Å². The molecule has 0 saturated heterocycles. The number of hydrogen-bond donors (Lipinski definition) is 1. The fraction of sp³-hybridized carbons (Fsp3) is 0.500. The average molecular weight is 210 g/mol. The summed E-state index contributed by atoms with van der Waals surface area (Å²) in [7, 11) is 0. The van der Waals surface area contributed by atoms with Gasteiger partial charge < -0.3 is 9.84 Å². The zero-order valence-corrected chi connectivity index (χ0v) is 8.64. The number of hydrogen-bond acceptors (Lipinski definition) is 4. The number of aromatic nitrogens is 2. The maximum atomic E-state index is 10.8. The molecule has 82 valence electrons. The molecule has 1 rings (SSSR count). The smallest absolute Gasteiger partial charge is 0.339 e. The third-order valence-corrected chi connectivity index (χ3v) is 1.91. The largest absolute Gasteiger partial charge is 0.478 e. The van der Waals surface area contributed by atoms with Crippen LogP contribution in [0.3, 0.4) is 0 Å². The van der Waals surface area contributed by atoms with Crippen molar-refractivity contribution in [2.24, 2.45) is 0 Å². The zero-order valence-electron chi connectivity index (χ0n) is 8.64. The Hall–Kier alpha value is -1.49. The van der Waals surface area contributed by atoms with Crippen LogP contribution < -0.4 is 0 Å². The van der Waals surface area contributed by atoms with E-state index in [1.54, 1.807) is 0 Å². The highest BCUT2D eigenvalue weighted by molar-refractivity contribution is 5.88. The van der Waals surface area contributed by atoms with E-state index in [2.05, 4.69) is 16.9 Å². The SMILES string of the molecule is CCCCOCc1ncncc1C(=O)O. The van der Waals surface area contributed by atoms with Gasteiger partial charge in [0.05, 0.1) is 12.3 Å². The van der Waals surface area contributed by atoms with Crippen LogP contribution in [0.5, 0.6) is 0 Å². The maximum Gasteiger partial charge on any atom is 0.339 e. The molecule has 1 aromatic heterocycles. The number of carboxylic acid groups (broad SMARTS) is 1. The van der Waals surface area contributed by atoms with Crippen LogP contribution in [-0.4, -0.2) is 27.7 Å². The van der Waals surface area contributed by atoms with E-state index in [-0.39, 0.29) is 12.2 Å². The molecule has 15 heavy (non-hydrogen) atoms. The minimum absolute atomic E-state index is 0.106. The van der Waals surface area contributed by atoms with Crippen LogP contribution in [0.25, 0.3) is 0 Å². The van der Waals surface area contributed by atoms with Gasteiger partial charge in [-0.3, -0.25) is 0 Å². The van der Waals surface area contributed by atoms with Crippen LogP contribution in [-0.2, 0) is 11.3 Å². The number of ether oxygens (including phenoxy) is 1. The van der Waals surface area contributed by atoms with Gasteiger partial charge in [-0.2, -0.15) is 0 Å². The Kier molecular flexibility index (Phi) is 4.70. The molecule has 0 fully saturated rings. The van der Waals surface area contributed by atoms with Crippen LogP contribution in [0.4, 0.5) is 0 Å². The Morgan fingerprint density at radius 2 is 2.40 bits per heavy atom. The molecule has 0 saturated carbocycles. The van der Waals surface area contributed by atoms with Crippen LogP contribution in [0.2, 0.25) is 0 Å². The molecule has 5 nitrogen and oxygen atoms in total. The van der Waals surface area contributed by atoms with Crippen LogP contribution >= 0.6 is 0 Å². The minimum Gasteiger partial charge on any atom is -0.478 e. The molecule has 0 aromatic carbocycles. The highest BCUT2D eigenvalue weighted by Crippen LogP contribution is 2.05. The number of rotatable bonds is 6. The topological polar surface area (TPSA) is 72.3 Å². The van der Waals surface area contributed by atoms with Gasteiger partial charge in [0.2, 0.25) is 0 Å². The Bertz CT molecular complexity index is 328. The van der Waals surface area contributed by atoms with Gasteiger partial charge in [0.1, 0.15) is 11.9 Å². The first-order chi connectivity index (χ1) is 7.25. The van der Waals surface area contributed by atoms with Gasteiger partial charge in [-0.1, -0.05) is 13.3 Å². The van der Waals surface area contributed by atoms with Gasteiger partial charge in [-0.05, 0) is 6.42 Å². The van der Waals surface area contributed by atoms with Crippen molar-refractivity contribution in [1.29, 1.82) is 0 Å². The molecule has 0 atom stereocenters. The Morgan fingerprint density at radius 1 is 1.60 bits per heavy atom. The van der Waals surface area contributed by atoms with E-state index < -0.39 is 5.97 Å². The van der Waals surface area contributed by atoms with E-state index in [9.17, 15) is 4.79 Å². The molecule has 0 bridgehead atoms. The van der Waals surface area contributed by atoms with E-state index >= 15 is 0 Å². The second kappa shape index (κ2) is 6.08. The molecular weight excluding hydrogens is 196 g/mol. The number of carboxylic acids is 1. The van der Waals surface area contributed by atoms with Crippen LogP contribution in [0.15, 0.2) is 12.5 Å². The second-order valence-electron chi connectivity index (χ2n) is 3.09. The van der Waals surface area contributed by atoms with Crippen molar-refractivity contribution in [2.75, 3.05) is 6.61 Å². The summed E-state index contributed by atoms with van der Waals surface area (Å²) >= 11 is 0. The Balaban J connectivity index is 2.56. The molecule has 0 aliphatic rings. The third kappa shape index (κ3) is 3.63. The molecule has 1 N–H and O–H groups in total. The highest BCUT2D eigenvalue weighted by Gasteiger charge is 2.10. The fourth-order valence-electron chi connectivity index (χ4n) is 1.06. The molecule has 0 unspecified atom stereocenters.